The summed E-state index contributed by atoms with van der Waals surface area (Å²) >= 11 is 21.1. The van der Waals surface area contributed by atoms with E-state index in [4.69, 9.17) is 34.8 Å². The molecule has 3 aliphatic rings. The quantitative estimate of drug-likeness (QED) is 0.596. The standard InChI is InChI=1S/C20H19Cl3N2S/c21-12-8-15(22)19(16(23)9-12)11-6-13-14-10-24-3-2-17(14)25-4-1-5-26-18(7-11)20(13)25/h6-9,14,17,24H,1-5,10H2/t14-,17-/m0/s1. The lowest BCUT2D eigenvalue weighted by atomic mass is 9.88. The van der Waals surface area contributed by atoms with E-state index in [0.717, 1.165) is 36.5 Å². The maximum atomic E-state index is 6.53. The third-order valence-corrected chi connectivity index (χ3v) is 7.66. The van der Waals surface area contributed by atoms with Gasteiger partial charge in [-0.1, -0.05) is 34.8 Å². The van der Waals surface area contributed by atoms with Crippen molar-refractivity contribution in [2.75, 3.05) is 30.3 Å². The van der Waals surface area contributed by atoms with E-state index in [1.54, 1.807) is 12.1 Å². The Balaban J connectivity index is 1.71. The molecule has 26 heavy (non-hydrogen) atoms. The molecule has 3 heterocycles. The molecule has 3 aliphatic heterocycles. The second-order valence-electron chi connectivity index (χ2n) is 7.22. The highest BCUT2D eigenvalue weighted by molar-refractivity contribution is 7.99. The lowest BCUT2D eigenvalue weighted by Gasteiger charge is -2.33. The Labute approximate surface area is 173 Å². The SMILES string of the molecule is Clc1cc(Cl)c(-c2cc3c4c(c2)[C@@H]2CNCC[C@@H]2N4CCCS3)c(Cl)c1. The van der Waals surface area contributed by atoms with Gasteiger partial charge in [0.1, 0.15) is 0 Å². The summed E-state index contributed by atoms with van der Waals surface area (Å²) in [5.74, 6) is 1.70. The predicted octanol–water partition coefficient (Wildman–Crippen LogP) is 6.08. The molecule has 1 fully saturated rings. The Morgan fingerprint density at radius 2 is 1.88 bits per heavy atom. The first-order valence-corrected chi connectivity index (χ1v) is 11.2. The number of fused-ring (bicyclic) bond motifs is 3. The van der Waals surface area contributed by atoms with Crippen LogP contribution in [0.3, 0.4) is 0 Å². The van der Waals surface area contributed by atoms with Crippen LogP contribution in [0.5, 0.6) is 0 Å². The van der Waals surface area contributed by atoms with Crippen molar-refractivity contribution in [3.05, 3.63) is 44.9 Å². The zero-order chi connectivity index (χ0) is 17.8. The lowest BCUT2D eigenvalue weighted by Crippen LogP contribution is -2.44. The number of thioether (sulfide) groups is 1. The highest BCUT2D eigenvalue weighted by Gasteiger charge is 2.42. The van der Waals surface area contributed by atoms with Crippen molar-refractivity contribution in [3.8, 4) is 11.1 Å². The van der Waals surface area contributed by atoms with E-state index in [2.05, 4.69) is 22.3 Å². The first-order valence-electron chi connectivity index (χ1n) is 9.06. The van der Waals surface area contributed by atoms with Gasteiger partial charge >= 0.3 is 0 Å². The summed E-state index contributed by atoms with van der Waals surface area (Å²) in [5.41, 5.74) is 4.90. The molecular weight excluding hydrogens is 407 g/mol. The summed E-state index contributed by atoms with van der Waals surface area (Å²) in [6, 6.07) is 8.76. The van der Waals surface area contributed by atoms with E-state index in [0.29, 0.717) is 27.0 Å². The van der Waals surface area contributed by atoms with Gasteiger partial charge in [-0.3, -0.25) is 0 Å². The van der Waals surface area contributed by atoms with Crippen molar-refractivity contribution in [2.24, 2.45) is 0 Å². The lowest BCUT2D eigenvalue weighted by molar-refractivity contribution is 0.403. The molecule has 0 aromatic heterocycles. The zero-order valence-corrected chi connectivity index (χ0v) is 17.3. The molecule has 2 aromatic carbocycles. The van der Waals surface area contributed by atoms with Gasteiger partial charge in [-0.05, 0) is 60.5 Å². The highest BCUT2D eigenvalue weighted by Crippen LogP contribution is 2.52. The predicted molar refractivity (Wildman–Crippen MR) is 114 cm³/mol. The van der Waals surface area contributed by atoms with Crippen LogP contribution in [0.1, 0.15) is 24.3 Å². The van der Waals surface area contributed by atoms with Gasteiger partial charge in [-0.2, -0.15) is 0 Å². The second kappa shape index (κ2) is 6.79. The molecule has 2 aromatic rings. The van der Waals surface area contributed by atoms with Gasteiger partial charge in [0.15, 0.2) is 0 Å². The number of nitrogens with zero attached hydrogens (tertiary/aromatic N) is 1. The van der Waals surface area contributed by atoms with Gasteiger partial charge in [0.2, 0.25) is 0 Å². The topological polar surface area (TPSA) is 15.3 Å². The van der Waals surface area contributed by atoms with Gasteiger partial charge in [0.25, 0.3) is 0 Å². The van der Waals surface area contributed by atoms with Crippen molar-refractivity contribution in [1.29, 1.82) is 0 Å². The molecule has 0 amide bonds. The number of piperidine rings is 1. The first-order chi connectivity index (χ1) is 12.6. The molecule has 0 saturated carbocycles. The molecule has 1 N–H and O–H groups in total. The number of rotatable bonds is 1. The highest BCUT2D eigenvalue weighted by atomic mass is 35.5. The number of anilines is 1. The Morgan fingerprint density at radius 1 is 1.08 bits per heavy atom. The Hall–Kier alpha value is -0.580. The van der Waals surface area contributed by atoms with Crippen molar-refractivity contribution >= 4 is 52.3 Å². The molecular formula is C20H19Cl3N2S. The summed E-state index contributed by atoms with van der Waals surface area (Å²) in [7, 11) is 0. The average molecular weight is 426 g/mol. The smallest absolute Gasteiger partial charge is 0.0544 e. The summed E-state index contributed by atoms with van der Waals surface area (Å²) in [5, 5.41) is 5.38. The molecule has 136 valence electrons. The molecule has 5 rings (SSSR count). The van der Waals surface area contributed by atoms with Crippen LogP contribution in [0.2, 0.25) is 15.1 Å². The molecule has 2 atom stereocenters. The van der Waals surface area contributed by atoms with Crippen LogP contribution in [0.25, 0.3) is 11.1 Å². The molecule has 0 unspecified atom stereocenters. The number of halogens is 3. The Bertz CT molecular complexity index is 863. The van der Waals surface area contributed by atoms with Crippen LogP contribution in [-0.2, 0) is 0 Å². The van der Waals surface area contributed by atoms with Crippen LogP contribution >= 0.6 is 46.6 Å². The molecule has 0 bridgehead atoms. The van der Waals surface area contributed by atoms with Gasteiger partial charge < -0.3 is 10.2 Å². The summed E-state index contributed by atoms with van der Waals surface area (Å²) in [6.45, 7) is 3.32. The van der Waals surface area contributed by atoms with E-state index in [9.17, 15) is 0 Å². The largest absolute Gasteiger partial charge is 0.367 e. The van der Waals surface area contributed by atoms with Gasteiger partial charge in [-0.25, -0.2) is 0 Å². The minimum atomic E-state index is 0.543. The number of hydrogen-bond donors (Lipinski definition) is 1. The molecule has 0 spiro atoms. The fraction of sp³-hybridized carbons (Fsp3) is 0.400. The van der Waals surface area contributed by atoms with Gasteiger partial charge in [-0.15, -0.1) is 11.8 Å². The van der Waals surface area contributed by atoms with Gasteiger partial charge in [0, 0.05) is 40.5 Å². The van der Waals surface area contributed by atoms with Crippen LogP contribution in [0, 0.1) is 0 Å². The van der Waals surface area contributed by atoms with Crippen LogP contribution in [0.15, 0.2) is 29.2 Å². The number of hydrogen-bond acceptors (Lipinski definition) is 3. The summed E-state index contributed by atoms with van der Waals surface area (Å²) < 4.78 is 0. The van der Waals surface area contributed by atoms with Crippen LogP contribution in [0.4, 0.5) is 5.69 Å². The number of benzene rings is 2. The third kappa shape index (κ3) is 2.75. The number of nitrogens with one attached hydrogen (secondary N) is 1. The van der Waals surface area contributed by atoms with Crippen LogP contribution in [-0.4, -0.2) is 31.4 Å². The third-order valence-electron chi connectivity index (χ3n) is 5.73. The maximum absolute atomic E-state index is 6.53. The molecule has 1 saturated heterocycles. The van der Waals surface area contributed by atoms with Crippen molar-refractivity contribution < 1.29 is 0 Å². The second-order valence-corrected chi connectivity index (χ2v) is 9.61. The van der Waals surface area contributed by atoms with E-state index in [1.165, 1.54) is 29.0 Å². The Kier molecular flexibility index (Phi) is 4.57. The Morgan fingerprint density at radius 3 is 2.69 bits per heavy atom. The fourth-order valence-corrected chi connectivity index (χ4v) is 6.80. The summed E-state index contributed by atoms with van der Waals surface area (Å²) in [6.07, 6.45) is 2.44. The van der Waals surface area contributed by atoms with Crippen molar-refractivity contribution in [2.45, 2.75) is 29.7 Å². The normalized spacial score (nSPS) is 24.2. The average Bonchev–Trinajstić information content (AvgIpc) is 2.77. The summed E-state index contributed by atoms with van der Waals surface area (Å²) in [4.78, 5) is 4.04. The fourth-order valence-electron chi connectivity index (χ4n) is 4.69. The minimum absolute atomic E-state index is 0.543. The first kappa shape index (κ1) is 17.5. The monoisotopic (exact) mass is 424 g/mol. The van der Waals surface area contributed by atoms with E-state index in [-0.39, 0.29) is 0 Å². The zero-order valence-electron chi connectivity index (χ0n) is 14.2. The van der Waals surface area contributed by atoms with Gasteiger partial charge in [0.05, 0.1) is 15.7 Å². The maximum Gasteiger partial charge on any atom is 0.0544 e. The minimum Gasteiger partial charge on any atom is -0.367 e. The van der Waals surface area contributed by atoms with Crippen molar-refractivity contribution in [1.82, 2.24) is 5.32 Å². The molecule has 0 aliphatic carbocycles. The van der Waals surface area contributed by atoms with Crippen LogP contribution < -0.4 is 10.2 Å². The molecule has 2 nitrogen and oxygen atoms in total. The van der Waals surface area contributed by atoms with E-state index in [1.807, 2.05) is 11.8 Å². The molecule has 0 radical (unpaired) electrons. The van der Waals surface area contributed by atoms with Crippen molar-refractivity contribution in [3.63, 3.8) is 0 Å². The van der Waals surface area contributed by atoms with E-state index >= 15 is 0 Å². The molecule has 6 heteroatoms. The van der Waals surface area contributed by atoms with E-state index < -0.39 is 0 Å².